The number of carboxylic acid groups (broad SMARTS) is 2. The molecule has 0 radical (unpaired) electrons. The van der Waals surface area contributed by atoms with Crippen molar-refractivity contribution in [3.63, 3.8) is 0 Å². The van der Waals surface area contributed by atoms with Crippen molar-refractivity contribution in [2.24, 2.45) is 0 Å². The molecule has 0 amide bonds. The van der Waals surface area contributed by atoms with Crippen LogP contribution in [0.4, 0.5) is 4.39 Å². The smallest absolute Gasteiger partial charge is 0.335 e. The lowest BCUT2D eigenvalue weighted by atomic mass is 9.81. The van der Waals surface area contributed by atoms with E-state index >= 15 is 0 Å². The fraction of sp³-hybridized carbons (Fsp3) is 0.375. The van der Waals surface area contributed by atoms with E-state index in [1.165, 1.54) is 12.1 Å². The Balaban J connectivity index is 0.000000347. The number of carbonyl (C=O) groups is 2. The molecule has 2 aromatic rings. The molecule has 2 aromatic carbocycles. The molecule has 0 unspecified atom stereocenters. The molecule has 1 aliphatic heterocycles. The monoisotopic (exact) mass is 474 g/mol. The van der Waals surface area contributed by atoms with Gasteiger partial charge in [-0.2, -0.15) is 5.26 Å². The van der Waals surface area contributed by atoms with Gasteiger partial charge in [-0.3, -0.25) is 0 Å². The van der Waals surface area contributed by atoms with Crippen molar-refractivity contribution in [2.75, 3.05) is 20.6 Å². The van der Waals surface area contributed by atoms with Gasteiger partial charge in [0.05, 0.1) is 18.2 Å². The lowest BCUT2D eigenvalue weighted by Crippen LogP contribution is -2.39. The number of aliphatic hydroxyl groups is 2. The summed E-state index contributed by atoms with van der Waals surface area (Å²) in [6.45, 7) is 1.43. The highest BCUT2D eigenvalue weighted by Crippen LogP contribution is 2.45. The topological polar surface area (TPSA) is 151 Å². The maximum atomic E-state index is 13.4. The third kappa shape index (κ3) is 6.36. The van der Waals surface area contributed by atoms with E-state index in [9.17, 15) is 14.0 Å². The minimum absolute atomic E-state index is 0.250. The van der Waals surface area contributed by atoms with Crippen LogP contribution in [-0.4, -0.2) is 70.1 Å². The fourth-order valence-electron chi connectivity index (χ4n) is 3.68. The van der Waals surface area contributed by atoms with Gasteiger partial charge in [0.2, 0.25) is 0 Å². The highest BCUT2D eigenvalue weighted by molar-refractivity contribution is 5.83. The zero-order valence-electron chi connectivity index (χ0n) is 18.8. The predicted octanol–water partition coefficient (Wildman–Crippen LogP) is 1.69. The van der Waals surface area contributed by atoms with Gasteiger partial charge in [0.25, 0.3) is 0 Å². The lowest BCUT2D eigenvalue weighted by molar-refractivity contribution is -0.165. The van der Waals surface area contributed by atoms with Gasteiger partial charge in [-0.05, 0) is 74.4 Å². The van der Waals surface area contributed by atoms with Crippen molar-refractivity contribution in [3.05, 3.63) is 70.5 Å². The first-order chi connectivity index (χ1) is 16.0. The Morgan fingerprint density at radius 3 is 2.21 bits per heavy atom. The number of fused-ring (bicyclic) bond motifs is 1. The van der Waals surface area contributed by atoms with E-state index in [1.807, 2.05) is 32.3 Å². The number of nitrogens with zero attached hydrogens (tertiary/aromatic N) is 2. The van der Waals surface area contributed by atoms with Crippen LogP contribution in [0.15, 0.2) is 42.5 Å². The van der Waals surface area contributed by atoms with Crippen molar-refractivity contribution in [2.45, 2.75) is 37.3 Å². The summed E-state index contributed by atoms with van der Waals surface area (Å²) in [6.07, 6.45) is -2.76. The third-order valence-corrected chi connectivity index (χ3v) is 5.39. The molecule has 1 heterocycles. The molecular weight excluding hydrogens is 447 g/mol. The molecule has 0 saturated carbocycles. The van der Waals surface area contributed by atoms with Gasteiger partial charge in [-0.1, -0.05) is 18.2 Å². The summed E-state index contributed by atoms with van der Waals surface area (Å²) in [4.78, 5) is 21.7. The Hall–Kier alpha value is -3.36. The number of aliphatic hydroxyl groups excluding tert-OH is 2. The van der Waals surface area contributed by atoms with Crippen molar-refractivity contribution < 1.29 is 39.1 Å². The van der Waals surface area contributed by atoms with Crippen molar-refractivity contribution in [1.82, 2.24) is 4.90 Å². The molecule has 10 heteroatoms. The zero-order valence-corrected chi connectivity index (χ0v) is 18.8. The lowest BCUT2D eigenvalue weighted by Gasteiger charge is -2.31. The molecule has 0 fully saturated rings. The molecule has 4 N–H and O–H groups in total. The first kappa shape index (κ1) is 26.9. The number of nitriles is 1. The van der Waals surface area contributed by atoms with Gasteiger partial charge < -0.3 is 30.1 Å². The van der Waals surface area contributed by atoms with E-state index < -0.39 is 29.7 Å². The van der Waals surface area contributed by atoms with Crippen LogP contribution in [0.2, 0.25) is 0 Å². The summed E-state index contributed by atoms with van der Waals surface area (Å²) in [5.41, 5.74) is 3.18. The normalized spacial score (nSPS) is 18.3. The summed E-state index contributed by atoms with van der Waals surface area (Å²) >= 11 is 0. The largest absolute Gasteiger partial charge is 0.479 e. The van der Waals surface area contributed by atoms with Crippen LogP contribution in [0.1, 0.15) is 35.1 Å². The van der Waals surface area contributed by atoms with E-state index in [-0.39, 0.29) is 5.82 Å². The quantitative estimate of drug-likeness (QED) is 0.448. The maximum Gasteiger partial charge on any atom is 0.335 e. The van der Waals surface area contributed by atoms with Crippen LogP contribution >= 0.6 is 0 Å². The van der Waals surface area contributed by atoms with Crippen LogP contribution in [0, 0.1) is 17.1 Å². The Kier molecular flexibility index (Phi) is 9.23. The number of benzene rings is 2. The number of rotatable bonds is 8. The predicted molar refractivity (Wildman–Crippen MR) is 118 cm³/mol. The Morgan fingerprint density at radius 2 is 1.71 bits per heavy atom. The number of aliphatic carboxylic acids is 2. The average Bonchev–Trinajstić information content (AvgIpc) is 3.17. The van der Waals surface area contributed by atoms with E-state index in [1.54, 1.807) is 12.1 Å². The molecule has 0 aromatic heterocycles. The molecule has 182 valence electrons. The van der Waals surface area contributed by atoms with Gasteiger partial charge in [0, 0.05) is 0 Å². The van der Waals surface area contributed by atoms with Crippen LogP contribution < -0.4 is 0 Å². The highest BCUT2D eigenvalue weighted by Gasteiger charge is 2.41. The second kappa shape index (κ2) is 11.7. The van der Waals surface area contributed by atoms with E-state index in [4.69, 9.17) is 30.4 Å². The SMILES string of the molecule is CN(C)CCC[C@@]1(c2ccc(F)cc2)OCc2cc(C#N)ccc21.O=C(O)[C@H](O)[C@@H](O)C(=O)O. The van der Waals surface area contributed by atoms with Gasteiger partial charge in [-0.15, -0.1) is 0 Å². The van der Waals surface area contributed by atoms with Gasteiger partial charge in [-0.25, -0.2) is 14.0 Å². The number of carboxylic acids is 2. The minimum atomic E-state index is -2.27. The summed E-state index contributed by atoms with van der Waals surface area (Å²) in [6, 6.07) is 14.5. The molecule has 0 saturated heterocycles. The second-order valence-electron chi connectivity index (χ2n) is 8.08. The number of hydrogen-bond acceptors (Lipinski definition) is 7. The maximum absolute atomic E-state index is 13.4. The van der Waals surface area contributed by atoms with Crippen molar-refractivity contribution in [1.29, 1.82) is 5.26 Å². The molecule has 1 aliphatic rings. The van der Waals surface area contributed by atoms with Gasteiger partial charge in [0.1, 0.15) is 11.4 Å². The first-order valence-corrected chi connectivity index (χ1v) is 10.4. The first-order valence-electron chi connectivity index (χ1n) is 10.4. The minimum Gasteiger partial charge on any atom is -0.479 e. The van der Waals surface area contributed by atoms with Crippen molar-refractivity contribution in [3.8, 4) is 6.07 Å². The van der Waals surface area contributed by atoms with Gasteiger partial charge in [0.15, 0.2) is 12.2 Å². The Labute approximate surface area is 196 Å². The summed E-state index contributed by atoms with van der Waals surface area (Å²) in [5.74, 6) is -3.79. The van der Waals surface area contributed by atoms with Gasteiger partial charge >= 0.3 is 11.9 Å². The third-order valence-electron chi connectivity index (χ3n) is 5.39. The summed E-state index contributed by atoms with van der Waals surface area (Å²) in [5, 5.41) is 41.6. The molecule has 9 nitrogen and oxygen atoms in total. The van der Waals surface area contributed by atoms with E-state index in [2.05, 4.69) is 11.0 Å². The summed E-state index contributed by atoms with van der Waals surface area (Å²) in [7, 11) is 4.10. The highest BCUT2D eigenvalue weighted by atomic mass is 19.1. The number of ether oxygens (including phenoxy) is 1. The molecule has 3 rings (SSSR count). The average molecular weight is 474 g/mol. The summed E-state index contributed by atoms with van der Waals surface area (Å²) < 4.78 is 19.6. The molecule has 3 atom stereocenters. The number of hydrogen-bond donors (Lipinski definition) is 4. The van der Waals surface area contributed by atoms with Crippen molar-refractivity contribution >= 4 is 11.9 Å². The van der Waals surface area contributed by atoms with Crippen LogP contribution in [0.3, 0.4) is 0 Å². The Morgan fingerprint density at radius 1 is 1.12 bits per heavy atom. The van der Waals surface area contributed by atoms with Crippen LogP contribution in [-0.2, 0) is 26.5 Å². The molecular formula is C24H27FN2O7. The molecule has 34 heavy (non-hydrogen) atoms. The van der Waals surface area contributed by atoms with Crippen LogP contribution in [0.25, 0.3) is 0 Å². The molecule has 0 aliphatic carbocycles. The Bertz CT molecular complexity index is 1030. The van der Waals surface area contributed by atoms with Crippen LogP contribution in [0.5, 0.6) is 0 Å². The standard InChI is InChI=1S/C20H21FN2O.C4H6O6/c1-23(2)11-3-10-20(17-5-7-18(21)8-6-17)19-9-4-15(13-22)12-16(19)14-24-20;5-1(3(7)8)2(6)4(9)10/h4-9,12H,3,10-11,14H2,1-2H3;1-2,5-6H,(H,7,8)(H,9,10)/t20-;1-,2-/m01/s1. The van der Waals surface area contributed by atoms with E-state index in [0.717, 1.165) is 36.1 Å². The molecule has 0 bridgehead atoms. The number of halogens is 1. The van der Waals surface area contributed by atoms with E-state index in [0.29, 0.717) is 12.2 Å². The molecule has 0 spiro atoms. The second-order valence-corrected chi connectivity index (χ2v) is 8.08. The zero-order chi connectivity index (χ0) is 25.5. The fourth-order valence-corrected chi connectivity index (χ4v) is 3.68.